The van der Waals surface area contributed by atoms with Crippen molar-refractivity contribution >= 4 is 26.8 Å². The van der Waals surface area contributed by atoms with Crippen LogP contribution in [0.2, 0.25) is 0 Å². The maximum Gasteiger partial charge on any atom is 0.0747 e. The first-order valence-corrected chi connectivity index (χ1v) is 7.98. The second kappa shape index (κ2) is 6.20. The fourth-order valence-electron chi connectivity index (χ4n) is 3.02. The molecule has 1 saturated heterocycles. The fraction of sp³-hybridized carbons (Fsp3) is 0.438. The summed E-state index contributed by atoms with van der Waals surface area (Å²) in [7, 11) is 2.06. The number of halogens is 1. The zero-order valence-corrected chi connectivity index (χ0v) is 13.4. The normalized spacial score (nSPS) is 20.4. The number of rotatable bonds is 3. The van der Waals surface area contributed by atoms with Gasteiger partial charge in [-0.25, -0.2) is 0 Å². The van der Waals surface area contributed by atoms with Gasteiger partial charge in [0, 0.05) is 35.2 Å². The molecule has 2 aromatic rings. The van der Waals surface area contributed by atoms with Gasteiger partial charge >= 0.3 is 0 Å². The first-order chi connectivity index (χ1) is 9.76. The molecule has 1 atom stereocenters. The Morgan fingerprint density at radius 2 is 2.35 bits per heavy atom. The van der Waals surface area contributed by atoms with E-state index in [9.17, 15) is 0 Å². The number of fused-ring (bicyclic) bond motifs is 1. The summed E-state index contributed by atoms with van der Waals surface area (Å²) < 4.78 is 1.13. The van der Waals surface area contributed by atoms with Crippen molar-refractivity contribution in [1.29, 1.82) is 0 Å². The van der Waals surface area contributed by atoms with Crippen LogP contribution in [-0.4, -0.2) is 36.1 Å². The highest BCUT2D eigenvalue weighted by Crippen LogP contribution is 2.24. The van der Waals surface area contributed by atoms with Gasteiger partial charge in [0.2, 0.25) is 0 Å². The van der Waals surface area contributed by atoms with E-state index in [0.29, 0.717) is 6.04 Å². The molecule has 1 fully saturated rings. The summed E-state index contributed by atoms with van der Waals surface area (Å²) in [6.07, 6.45) is 4.43. The van der Waals surface area contributed by atoms with E-state index in [0.717, 1.165) is 23.1 Å². The highest BCUT2D eigenvalue weighted by atomic mass is 79.9. The molecule has 0 saturated carbocycles. The van der Waals surface area contributed by atoms with E-state index in [1.165, 1.54) is 30.3 Å². The number of nitrogens with one attached hydrogen (secondary N) is 1. The zero-order chi connectivity index (χ0) is 13.9. The summed E-state index contributed by atoms with van der Waals surface area (Å²) >= 11 is 3.61. The monoisotopic (exact) mass is 333 g/mol. The zero-order valence-electron chi connectivity index (χ0n) is 11.8. The van der Waals surface area contributed by atoms with Crippen LogP contribution in [0.5, 0.6) is 0 Å². The second-order valence-electron chi connectivity index (χ2n) is 5.50. The van der Waals surface area contributed by atoms with Crippen molar-refractivity contribution in [2.75, 3.05) is 20.1 Å². The Labute approximate surface area is 128 Å². The highest BCUT2D eigenvalue weighted by Gasteiger charge is 2.19. The first kappa shape index (κ1) is 14.0. The van der Waals surface area contributed by atoms with Crippen molar-refractivity contribution in [3.63, 3.8) is 0 Å². The van der Waals surface area contributed by atoms with Gasteiger partial charge < -0.3 is 5.32 Å². The minimum atomic E-state index is 0.620. The van der Waals surface area contributed by atoms with Gasteiger partial charge in [0.1, 0.15) is 0 Å². The number of piperidine rings is 1. The molecule has 1 aliphatic heterocycles. The fourth-order valence-corrected chi connectivity index (χ4v) is 3.55. The molecule has 0 radical (unpaired) electrons. The average molecular weight is 334 g/mol. The maximum atomic E-state index is 4.56. The standard InChI is InChI=1S/C16H20BrN3/c1-18-15-5-3-7-20(11-15)10-13-9-14(17)8-12-4-2-6-19-16(12)13/h2,4,6,8-9,15,18H,3,5,7,10-11H2,1H3. The van der Waals surface area contributed by atoms with Gasteiger partial charge in [-0.2, -0.15) is 0 Å². The van der Waals surface area contributed by atoms with E-state index in [4.69, 9.17) is 0 Å². The highest BCUT2D eigenvalue weighted by molar-refractivity contribution is 9.10. The third kappa shape index (κ3) is 3.03. The van der Waals surface area contributed by atoms with Crippen LogP contribution in [0.1, 0.15) is 18.4 Å². The number of benzene rings is 1. The predicted octanol–water partition coefficient (Wildman–Crippen LogP) is 3.18. The molecule has 1 aliphatic rings. The van der Waals surface area contributed by atoms with Crippen molar-refractivity contribution < 1.29 is 0 Å². The molecule has 3 rings (SSSR count). The lowest BCUT2D eigenvalue weighted by Crippen LogP contribution is -2.43. The Balaban J connectivity index is 1.86. The van der Waals surface area contributed by atoms with Crippen LogP contribution in [0.4, 0.5) is 0 Å². The van der Waals surface area contributed by atoms with Crippen LogP contribution >= 0.6 is 15.9 Å². The number of likely N-dealkylation sites (N-methyl/N-ethyl adjacent to an activating group) is 1. The summed E-state index contributed by atoms with van der Waals surface area (Å²) in [4.78, 5) is 7.09. The van der Waals surface area contributed by atoms with Crippen molar-refractivity contribution in [3.05, 3.63) is 40.5 Å². The summed E-state index contributed by atoms with van der Waals surface area (Å²) in [6, 6.07) is 9.09. The average Bonchev–Trinajstić information content (AvgIpc) is 2.47. The van der Waals surface area contributed by atoms with Crippen LogP contribution in [0.15, 0.2) is 34.9 Å². The van der Waals surface area contributed by atoms with Gasteiger partial charge in [-0.3, -0.25) is 9.88 Å². The Kier molecular flexibility index (Phi) is 4.34. The minimum Gasteiger partial charge on any atom is -0.316 e. The number of pyridine rings is 1. The Hall–Kier alpha value is -0.970. The number of likely N-dealkylation sites (tertiary alicyclic amines) is 1. The minimum absolute atomic E-state index is 0.620. The molecule has 1 aromatic carbocycles. The lowest BCUT2D eigenvalue weighted by atomic mass is 10.0. The van der Waals surface area contributed by atoms with Crippen LogP contribution in [0.25, 0.3) is 10.9 Å². The molecule has 1 unspecified atom stereocenters. The van der Waals surface area contributed by atoms with Crippen molar-refractivity contribution in [3.8, 4) is 0 Å². The van der Waals surface area contributed by atoms with Crippen molar-refractivity contribution in [1.82, 2.24) is 15.2 Å². The SMILES string of the molecule is CNC1CCCN(Cc2cc(Br)cc3cccnc23)C1. The van der Waals surface area contributed by atoms with Gasteiger partial charge in [-0.15, -0.1) is 0 Å². The largest absolute Gasteiger partial charge is 0.316 e. The molecule has 1 N–H and O–H groups in total. The van der Waals surface area contributed by atoms with Gasteiger partial charge in [-0.05, 0) is 50.2 Å². The predicted molar refractivity (Wildman–Crippen MR) is 86.8 cm³/mol. The molecule has 0 amide bonds. The van der Waals surface area contributed by atoms with Crippen molar-refractivity contribution in [2.45, 2.75) is 25.4 Å². The van der Waals surface area contributed by atoms with Gasteiger partial charge in [0.05, 0.1) is 5.52 Å². The summed E-state index contributed by atoms with van der Waals surface area (Å²) in [6.45, 7) is 3.28. The second-order valence-corrected chi connectivity index (χ2v) is 6.42. The Bertz CT molecular complexity index is 599. The van der Waals surface area contributed by atoms with E-state index >= 15 is 0 Å². The summed E-state index contributed by atoms with van der Waals surface area (Å²) in [5.41, 5.74) is 2.44. The third-order valence-corrected chi connectivity index (χ3v) is 4.51. The molecule has 3 nitrogen and oxygen atoms in total. The molecule has 0 spiro atoms. The topological polar surface area (TPSA) is 28.2 Å². The quantitative estimate of drug-likeness (QED) is 0.934. The number of hydrogen-bond donors (Lipinski definition) is 1. The van der Waals surface area contributed by atoms with E-state index in [-0.39, 0.29) is 0 Å². The molecule has 2 heterocycles. The lowest BCUT2D eigenvalue weighted by Gasteiger charge is -2.32. The van der Waals surface area contributed by atoms with Crippen LogP contribution < -0.4 is 5.32 Å². The number of hydrogen-bond acceptors (Lipinski definition) is 3. The smallest absolute Gasteiger partial charge is 0.0747 e. The molecule has 0 aliphatic carbocycles. The van der Waals surface area contributed by atoms with Crippen LogP contribution in [0.3, 0.4) is 0 Å². The van der Waals surface area contributed by atoms with Crippen molar-refractivity contribution in [2.24, 2.45) is 0 Å². The van der Waals surface area contributed by atoms with Gasteiger partial charge in [0.25, 0.3) is 0 Å². The number of nitrogens with zero attached hydrogens (tertiary/aromatic N) is 2. The molecule has 4 heteroatoms. The summed E-state index contributed by atoms with van der Waals surface area (Å²) in [5, 5.41) is 4.61. The molecule has 1 aromatic heterocycles. The molecular weight excluding hydrogens is 314 g/mol. The lowest BCUT2D eigenvalue weighted by molar-refractivity contribution is 0.188. The molecule has 20 heavy (non-hydrogen) atoms. The number of aromatic nitrogens is 1. The first-order valence-electron chi connectivity index (χ1n) is 7.19. The summed E-state index contributed by atoms with van der Waals surface area (Å²) in [5.74, 6) is 0. The Morgan fingerprint density at radius 1 is 1.45 bits per heavy atom. The van der Waals surface area contributed by atoms with Gasteiger partial charge in [-0.1, -0.05) is 22.0 Å². The third-order valence-electron chi connectivity index (χ3n) is 4.06. The van der Waals surface area contributed by atoms with E-state index in [2.05, 4.69) is 56.4 Å². The van der Waals surface area contributed by atoms with Gasteiger partial charge in [0.15, 0.2) is 0 Å². The molecule has 106 valence electrons. The van der Waals surface area contributed by atoms with E-state index in [1.807, 2.05) is 12.3 Å². The van der Waals surface area contributed by atoms with E-state index in [1.54, 1.807) is 0 Å². The van der Waals surface area contributed by atoms with Crippen LogP contribution in [0, 0.1) is 0 Å². The maximum absolute atomic E-state index is 4.56. The molecule has 0 bridgehead atoms. The van der Waals surface area contributed by atoms with E-state index < -0.39 is 0 Å². The Morgan fingerprint density at radius 3 is 3.20 bits per heavy atom. The molecular formula is C16H20BrN3. The van der Waals surface area contributed by atoms with Crippen LogP contribution in [-0.2, 0) is 6.54 Å².